The molecule has 1 aliphatic rings. The molecule has 118 valence electrons. The Morgan fingerprint density at radius 1 is 1.45 bits per heavy atom. The molecule has 0 aliphatic carbocycles. The van der Waals surface area contributed by atoms with Crippen LogP contribution in [0, 0.1) is 5.92 Å². The van der Waals surface area contributed by atoms with Crippen LogP contribution in [0.2, 0.25) is 0 Å². The van der Waals surface area contributed by atoms with Crippen LogP contribution in [0.15, 0.2) is 0 Å². The highest BCUT2D eigenvalue weighted by atomic mass is 16.5. The Kier molecular flexibility index (Phi) is 8.11. The van der Waals surface area contributed by atoms with Crippen LogP contribution in [0.5, 0.6) is 0 Å². The number of nitrogens with zero attached hydrogens (tertiary/aromatic N) is 1. The smallest absolute Gasteiger partial charge is 0.234 e. The average molecular weight is 285 g/mol. The molecule has 1 saturated heterocycles. The molecule has 0 aromatic heterocycles. The average Bonchev–Trinajstić information content (AvgIpc) is 2.80. The molecular weight excluding hydrogens is 254 g/mol. The Labute approximate surface area is 123 Å². The van der Waals surface area contributed by atoms with Gasteiger partial charge < -0.3 is 15.4 Å². The molecule has 1 heterocycles. The summed E-state index contributed by atoms with van der Waals surface area (Å²) in [6.07, 6.45) is 2.47. The fourth-order valence-corrected chi connectivity index (χ4v) is 2.76. The van der Waals surface area contributed by atoms with Gasteiger partial charge >= 0.3 is 0 Å². The highest BCUT2D eigenvalue weighted by molar-refractivity contribution is 5.78. The van der Waals surface area contributed by atoms with Gasteiger partial charge in [-0.05, 0) is 32.2 Å². The van der Waals surface area contributed by atoms with Gasteiger partial charge in [0.15, 0.2) is 0 Å². The van der Waals surface area contributed by atoms with Crippen molar-refractivity contribution in [3.8, 4) is 0 Å². The summed E-state index contributed by atoms with van der Waals surface area (Å²) < 4.78 is 5.04. The lowest BCUT2D eigenvalue weighted by Gasteiger charge is -2.27. The van der Waals surface area contributed by atoms with Gasteiger partial charge in [0.1, 0.15) is 0 Å². The molecule has 2 unspecified atom stereocenters. The number of hydrogen-bond acceptors (Lipinski definition) is 4. The van der Waals surface area contributed by atoms with Crippen molar-refractivity contribution in [2.75, 3.05) is 39.9 Å². The van der Waals surface area contributed by atoms with E-state index < -0.39 is 0 Å². The first kappa shape index (κ1) is 17.4. The molecule has 2 N–H and O–H groups in total. The summed E-state index contributed by atoms with van der Waals surface area (Å²) in [6.45, 7) is 10.4. The van der Waals surface area contributed by atoms with E-state index in [-0.39, 0.29) is 11.9 Å². The molecule has 2 atom stereocenters. The van der Waals surface area contributed by atoms with Crippen LogP contribution >= 0.6 is 0 Å². The number of nitrogens with one attached hydrogen (secondary N) is 2. The number of rotatable bonds is 9. The molecule has 0 aromatic rings. The summed E-state index contributed by atoms with van der Waals surface area (Å²) in [4.78, 5) is 14.3. The van der Waals surface area contributed by atoms with Gasteiger partial charge in [-0.1, -0.05) is 13.8 Å². The Morgan fingerprint density at radius 3 is 2.75 bits per heavy atom. The van der Waals surface area contributed by atoms with E-state index in [2.05, 4.69) is 29.4 Å². The van der Waals surface area contributed by atoms with Crippen molar-refractivity contribution in [2.45, 2.75) is 45.7 Å². The van der Waals surface area contributed by atoms with Crippen LogP contribution in [0.1, 0.15) is 33.6 Å². The van der Waals surface area contributed by atoms with Gasteiger partial charge in [-0.25, -0.2) is 0 Å². The standard InChI is InChI=1S/C15H31N3O2/c1-12(2)8-18(9-14-6-5-7-16-14)10-15(19)17-13(3)11-20-4/h12-14,16H,5-11H2,1-4H3,(H,17,19). The SMILES string of the molecule is COCC(C)NC(=O)CN(CC(C)C)CC1CCCN1. The van der Waals surface area contributed by atoms with Crippen molar-refractivity contribution >= 4 is 5.91 Å². The van der Waals surface area contributed by atoms with E-state index in [1.807, 2.05) is 6.92 Å². The summed E-state index contributed by atoms with van der Waals surface area (Å²) in [6, 6.07) is 0.607. The summed E-state index contributed by atoms with van der Waals surface area (Å²) in [5.74, 6) is 0.661. The zero-order chi connectivity index (χ0) is 15.0. The Hall–Kier alpha value is -0.650. The Balaban J connectivity index is 2.39. The predicted octanol–water partition coefficient (Wildman–Crippen LogP) is 0.848. The van der Waals surface area contributed by atoms with E-state index in [0.29, 0.717) is 25.1 Å². The van der Waals surface area contributed by atoms with Gasteiger partial charge in [-0.2, -0.15) is 0 Å². The van der Waals surface area contributed by atoms with E-state index in [4.69, 9.17) is 4.74 Å². The maximum absolute atomic E-state index is 12.1. The molecule has 1 fully saturated rings. The topological polar surface area (TPSA) is 53.6 Å². The normalized spacial score (nSPS) is 20.6. The molecule has 1 rings (SSSR count). The van der Waals surface area contributed by atoms with Gasteiger partial charge in [0.25, 0.3) is 0 Å². The van der Waals surface area contributed by atoms with Crippen LogP contribution in [-0.2, 0) is 9.53 Å². The molecule has 0 aromatic carbocycles. The Bertz CT molecular complexity index is 278. The molecule has 1 aliphatic heterocycles. The van der Waals surface area contributed by atoms with Crippen molar-refractivity contribution in [2.24, 2.45) is 5.92 Å². The van der Waals surface area contributed by atoms with Gasteiger partial charge in [-0.3, -0.25) is 9.69 Å². The first-order valence-corrected chi connectivity index (χ1v) is 7.75. The summed E-state index contributed by atoms with van der Waals surface area (Å²) in [5.41, 5.74) is 0. The van der Waals surface area contributed by atoms with Gasteiger partial charge in [0, 0.05) is 32.3 Å². The predicted molar refractivity (Wildman–Crippen MR) is 81.8 cm³/mol. The number of hydrogen-bond donors (Lipinski definition) is 2. The first-order chi connectivity index (χ1) is 9.51. The number of carbonyl (C=O) groups is 1. The summed E-state index contributed by atoms with van der Waals surface area (Å²) >= 11 is 0. The number of methoxy groups -OCH3 is 1. The van der Waals surface area contributed by atoms with E-state index in [1.165, 1.54) is 12.8 Å². The molecule has 0 saturated carbocycles. The molecule has 0 bridgehead atoms. The molecule has 0 spiro atoms. The lowest BCUT2D eigenvalue weighted by Crippen LogP contribution is -2.46. The highest BCUT2D eigenvalue weighted by Crippen LogP contribution is 2.08. The Morgan fingerprint density at radius 2 is 2.20 bits per heavy atom. The number of ether oxygens (including phenoxy) is 1. The van der Waals surface area contributed by atoms with E-state index in [0.717, 1.165) is 19.6 Å². The van der Waals surface area contributed by atoms with Crippen molar-refractivity contribution in [1.82, 2.24) is 15.5 Å². The molecule has 5 nitrogen and oxygen atoms in total. The van der Waals surface area contributed by atoms with Crippen molar-refractivity contribution in [3.05, 3.63) is 0 Å². The largest absolute Gasteiger partial charge is 0.383 e. The second-order valence-electron chi connectivity index (χ2n) is 6.31. The molecule has 0 radical (unpaired) electrons. The van der Waals surface area contributed by atoms with Gasteiger partial charge in [0.05, 0.1) is 13.2 Å². The monoisotopic (exact) mass is 285 g/mol. The fraction of sp³-hybridized carbons (Fsp3) is 0.933. The minimum absolute atomic E-state index is 0.0676. The summed E-state index contributed by atoms with van der Waals surface area (Å²) in [7, 11) is 1.65. The maximum atomic E-state index is 12.1. The minimum atomic E-state index is 0.0676. The third-order valence-corrected chi connectivity index (χ3v) is 3.46. The summed E-state index contributed by atoms with van der Waals surface area (Å²) in [5, 5.41) is 6.48. The van der Waals surface area contributed by atoms with Crippen LogP contribution in [0.25, 0.3) is 0 Å². The second kappa shape index (κ2) is 9.32. The lowest BCUT2D eigenvalue weighted by molar-refractivity contribution is -0.123. The zero-order valence-corrected chi connectivity index (χ0v) is 13.4. The third kappa shape index (κ3) is 7.22. The maximum Gasteiger partial charge on any atom is 0.234 e. The quantitative estimate of drug-likeness (QED) is 0.659. The van der Waals surface area contributed by atoms with Crippen molar-refractivity contribution in [3.63, 3.8) is 0 Å². The molecular formula is C15H31N3O2. The van der Waals surface area contributed by atoms with E-state index >= 15 is 0 Å². The van der Waals surface area contributed by atoms with Crippen molar-refractivity contribution < 1.29 is 9.53 Å². The second-order valence-corrected chi connectivity index (χ2v) is 6.31. The van der Waals surface area contributed by atoms with Gasteiger partial charge in [-0.15, -0.1) is 0 Å². The molecule has 5 heteroatoms. The number of carbonyl (C=O) groups excluding carboxylic acids is 1. The van der Waals surface area contributed by atoms with E-state index in [1.54, 1.807) is 7.11 Å². The van der Waals surface area contributed by atoms with Crippen LogP contribution in [0.3, 0.4) is 0 Å². The van der Waals surface area contributed by atoms with Crippen LogP contribution < -0.4 is 10.6 Å². The first-order valence-electron chi connectivity index (χ1n) is 7.75. The van der Waals surface area contributed by atoms with Crippen LogP contribution in [0.4, 0.5) is 0 Å². The minimum Gasteiger partial charge on any atom is -0.383 e. The lowest BCUT2D eigenvalue weighted by atomic mass is 10.1. The van der Waals surface area contributed by atoms with Crippen LogP contribution in [-0.4, -0.2) is 62.8 Å². The zero-order valence-electron chi connectivity index (χ0n) is 13.4. The third-order valence-electron chi connectivity index (χ3n) is 3.46. The van der Waals surface area contributed by atoms with Gasteiger partial charge in [0.2, 0.25) is 5.91 Å². The molecule has 20 heavy (non-hydrogen) atoms. The number of amides is 1. The molecule has 1 amide bonds. The highest BCUT2D eigenvalue weighted by Gasteiger charge is 2.20. The fourth-order valence-electron chi connectivity index (χ4n) is 2.76. The van der Waals surface area contributed by atoms with E-state index in [9.17, 15) is 4.79 Å². The van der Waals surface area contributed by atoms with Crippen molar-refractivity contribution in [1.29, 1.82) is 0 Å².